The minimum absolute atomic E-state index is 0.131. The molecule has 224 valence electrons. The number of fused-ring (bicyclic) bond motifs is 1. The number of nitrogens with two attached hydrogens (primary N) is 1. The summed E-state index contributed by atoms with van der Waals surface area (Å²) in [4.78, 5) is 34.2. The van der Waals surface area contributed by atoms with Crippen LogP contribution in [-0.4, -0.2) is 68.5 Å². The zero-order valence-electron chi connectivity index (χ0n) is 24.0. The maximum absolute atomic E-state index is 14.9. The lowest BCUT2D eigenvalue weighted by molar-refractivity contribution is -0.112. The van der Waals surface area contributed by atoms with Gasteiger partial charge in [-0.15, -0.1) is 0 Å². The van der Waals surface area contributed by atoms with Gasteiger partial charge >= 0.3 is 0 Å². The lowest BCUT2D eigenvalue weighted by Gasteiger charge is -2.35. The summed E-state index contributed by atoms with van der Waals surface area (Å²) >= 11 is 0. The highest BCUT2D eigenvalue weighted by atomic mass is 19.1. The maximum Gasteiger partial charge on any atom is 0.248 e. The Labute approximate surface area is 246 Å². The lowest BCUT2D eigenvalue weighted by atomic mass is 10.0. The largest absolute Gasteiger partial charge is 0.494 e. The highest BCUT2D eigenvalue weighted by Crippen LogP contribution is 2.35. The van der Waals surface area contributed by atoms with Gasteiger partial charge in [0.2, 0.25) is 11.7 Å². The Morgan fingerprint density at radius 2 is 1.72 bits per heavy atom. The lowest BCUT2D eigenvalue weighted by Crippen LogP contribution is -2.46. The van der Waals surface area contributed by atoms with Crippen molar-refractivity contribution >= 4 is 45.4 Å². The van der Waals surface area contributed by atoms with E-state index >= 15 is 0 Å². The molecule has 2 aromatic carbocycles. The summed E-state index contributed by atoms with van der Waals surface area (Å²) in [5, 5.41) is 3.62. The van der Waals surface area contributed by atoms with Gasteiger partial charge in [-0.3, -0.25) is 9.59 Å². The Morgan fingerprint density at radius 3 is 2.33 bits per heavy atom. The van der Waals surface area contributed by atoms with E-state index in [2.05, 4.69) is 33.6 Å². The molecule has 3 heterocycles. The van der Waals surface area contributed by atoms with Gasteiger partial charge in [0.1, 0.15) is 11.4 Å². The molecule has 10 nitrogen and oxygen atoms in total. The van der Waals surface area contributed by atoms with E-state index in [-0.39, 0.29) is 28.4 Å². The van der Waals surface area contributed by atoms with Crippen LogP contribution in [0.15, 0.2) is 53.6 Å². The number of pyridine rings is 1. The fourth-order valence-electron chi connectivity index (χ4n) is 5.01. The highest BCUT2D eigenvalue weighted by Gasteiger charge is 2.28. The topological polar surface area (TPSA) is 123 Å². The SMILES string of the molecule is C=C(C(N)=O)c1cc(N2CCN(CC)CC2)ccc1Nc1cc2cc(C(=O)c3c(F)c(OC)cc(OC)c3F)oc2cn1. The third kappa shape index (κ3) is 5.73. The van der Waals surface area contributed by atoms with E-state index in [9.17, 15) is 18.4 Å². The average Bonchev–Trinajstić information content (AvgIpc) is 3.45. The van der Waals surface area contributed by atoms with Gasteiger partial charge in [0.15, 0.2) is 34.5 Å². The first-order chi connectivity index (χ1) is 20.6. The van der Waals surface area contributed by atoms with Crippen molar-refractivity contribution in [3.8, 4) is 11.5 Å². The Kier molecular flexibility index (Phi) is 8.31. The van der Waals surface area contributed by atoms with Crippen molar-refractivity contribution < 1.29 is 32.3 Å². The van der Waals surface area contributed by atoms with Crippen LogP contribution in [0.1, 0.15) is 28.6 Å². The van der Waals surface area contributed by atoms with Gasteiger partial charge in [-0.2, -0.15) is 0 Å². The quantitative estimate of drug-likeness (QED) is 0.199. The summed E-state index contributed by atoms with van der Waals surface area (Å²) in [6.45, 7) is 10.6. The molecule has 0 aliphatic carbocycles. The second kappa shape index (κ2) is 12.1. The summed E-state index contributed by atoms with van der Waals surface area (Å²) in [5.74, 6) is -4.71. The van der Waals surface area contributed by atoms with Gasteiger partial charge in [-0.25, -0.2) is 13.8 Å². The van der Waals surface area contributed by atoms with Gasteiger partial charge in [-0.1, -0.05) is 13.5 Å². The minimum Gasteiger partial charge on any atom is -0.494 e. The molecule has 1 fully saturated rings. The smallest absolute Gasteiger partial charge is 0.248 e. The van der Waals surface area contributed by atoms with Crippen molar-refractivity contribution in [3.05, 3.63) is 77.7 Å². The van der Waals surface area contributed by atoms with E-state index in [0.717, 1.165) is 44.5 Å². The number of anilines is 3. The molecule has 3 N–H and O–H groups in total. The molecule has 0 saturated carbocycles. The van der Waals surface area contributed by atoms with Crippen LogP contribution in [0.25, 0.3) is 16.5 Å². The zero-order valence-corrected chi connectivity index (χ0v) is 24.0. The number of nitrogens with one attached hydrogen (secondary N) is 1. The summed E-state index contributed by atoms with van der Waals surface area (Å²) in [6, 6.07) is 9.61. The van der Waals surface area contributed by atoms with E-state index in [4.69, 9.17) is 19.6 Å². The third-order valence-corrected chi connectivity index (χ3v) is 7.50. The minimum atomic E-state index is -1.18. The zero-order chi connectivity index (χ0) is 30.8. The van der Waals surface area contributed by atoms with Crippen molar-refractivity contribution in [2.75, 3.05) is 57.2 Å². The molecule has 0 atom stereocenters. The normalized spacial score (nSPS) is 13.7. The van der Waals surface area contributed by atoms with Crippen LogP contribution in [0.3, 0.4) is 0 Å². The Hall–Kier alpha value is -4.97. The summed E-state index contributed by atoms with van der Waals surface area (Å²) in [6.07, 6.45) is 1.37. The number of amides is 1. The average molecular weight is 592 g/mol. The van der Waals surface area contributed by atoms with E-state index in [1.807, 2.05) is 18.2 Å². The number of furan rings is 1. The van der Waals surface area contributed by atoms with Gasteiger partial charge in [0, 0.05) is 60.1 Å². The Bertz CT molecular complexity index is 1700. The second-order valence-corrected chi connectivity index (χ2v) is 9.95. The van der Waals surface area contributed by atoms with Crippen LogP contribution in [0.5, 0.6) is 11.5 Å². The summed E-state index contributed by atoms with van der Waals surface area (Å²) < 4.78 is 45.3. The molecular formula is C31H31F2N5O5. The van der Waals surface area contributed by atoms with Crippen LogP contribution in [0.2, 0.25) is 0 Å². The monoisotopic (exact) mass is 591 g/mol. The number of aromatic nitrogens is 1. The molecule has 5 rings (SSSR count). The molecule has 0 radical (unpaired) electrons. The second-order valence-electron chi connectivity index (χ2n) is 9.95. The molecule has 1 amide bonds. The number of ether oxygens (including phenoxy) is 2. The predicted octanol–water partition coefficient (Wildman–Crippen LogP) is 4.74. The number of ketones is 1. The number of nitrogens with zero attached hydrogens (tertiary/aromatic N) is 3. The summed E-state index contributed by atoms with van der Waals surface area (Å²) in [5.41, 5.74) is 7.07. The molecule has 1 aliphatic rings. The van der Waals surface area contributed by atoms with Gasteiger partial charge in [0.25, 0.3) is 0 Å². The number of halogens is 2. The Morgan fingerprint density at radius 1 is 1.05 bits per heavy atom. The number of methoxy groups -OCH3 is 2. The molecule has 12 heteroatoms. The van der Waals surface area contributed by atoms with E-state index in [1.165, 1.54) is 26.5 Å². The fraction of sp³-hybridized carbons (Fsp3) is 0.258. The number of carbonyl (C=O) groups excluding carboxylic acids is 2. The number of hydrogen-bond acceptors (Lipinski definition) is 9. The van der Waals surface area contributed by atoms with Crippen molar-refractivity contribution in [1.29, 1.82) is 0 Å². The molecule has 43 heavy (non-hydrogen) atoms. The first kappa shape index (κ1) is 29.5. The maximum atomic E-state index is 14.9. The molecule has 1 aliphatic heterocycles. The van der Waals surface area contributed by atoms with Crippen LogP contribution < -0.4 is 25.4 Å². The molecule has 1 saturated heterocycles. The first-order valence-corrected chi connectivity index (χ1v) is 13.6. The van der Waals surface area contributed by atoms with E-state index in [1.54, 1.807) is 6.07 Å². The van der Waals surface area contributed by atoms with Gasteiger partial charge in [-0.05, 0) is 36.9 Å². The fourth-order valence-corrected chi connectivity index (χ4v) is 5.01. The standard InChI is InChI=1S/C31H31F2N5O5/c1-5-37-8-10-38(11-9-37)19-6-7-21(20(14-19)17(2)31(34)40)36-26-13-18-12-24(43-25(18)16-35-26)30(39)27-28(32)22(41-3)15-23(42-4)29(27)33/h6-7,12-16H,2,5,8-11H2,1,3-4H3,(H2,34,40)(H,35,36). The van der Waals surface area contributed by atoms with Crippen molar-refractivity contribution in [2.24, 2.45) is 5.73 Å². The number of carbonyl (C=O) groups is 2. The molecular weight excluding hydrogens is 560 g/mol. The highest BCUT2D eigenvalue weighted by molar-refractivity contribution is 6.19. The van der Waals surface area contributed by atoms with Crippen LogP contribution in [0, 0.1) is 11.6 Å². The molecule has 4 aromatic rings. The predicted molar refractivity (Wildman–Crippen MR) is 159 cm³/mol. The van der Waals surface area contributed by atoms with Crippen LogP contribution in [-0.2, 0) is 4.79 Å². The van der Waals surface area contributed by atoms with Crippen molar-refractivity contribution in [2.45, 2.75) is 6.92 Å². The van der Waals surface area contributed by atoms with E-state index in [0.29, 0.717) is 22.5 Å². The van der Waals surface area contributed by atoms with Gasteiger partial charge in [0.05, 0.1) is 20.4 Å². The number of piperazine rings is 1. The third-order valence-electron chi connectivity index (χ3n) is 7.50. The first-order valence-electron chi connectivity index (χ1n) is 13.6. The molecule has 0 unspecified atom stereocenters. The number of hydrogen-bond donors (Lipinski definition) is 2. The molecule has 0 bridgehead atoms. The number of rotatable bonds is 10. The Balaban J connectivity index is 1.45. The van der Waals surface area contributed by atoms with Crippen LogP contribution in [0.4, 0.5) is 26.0 Å². The summed E-state index contributed by atoms with van der Waals surface area (Å²) in [7, 11) is 2.38. The number of benzene rings is 2. The number of primary amides is 1. The molecule has 2 aromatic heterocycles. The van der Waals surface area contributed by atoms with Crippen LogP contribution >= 0.6 is 0 Å². The van der Waals surface area contributed by atoms with E-state index < -0.39 is 28.9 Å². The number of likely N-dealkylation sites (N-methyl/N-ethyl adjacent to an activating group) is 1. The van der Waals surface area contributed by atoms with Crippen molar-refractivity contribution in [1.82, 2.24) is 9.88 Å². The molecule has 0 spiro atoms. The van der Waals surface area contributed by atoms with Crippen molar-refractivity contribution in [3.63, 3.8) is 0 Å². The van der Waals surface area contributed by atoms with Gasteiger partial charge < -0.3 is 34.7 Å².